The van der Waals surface area contributed by atoms with Gasteiger partial charge in [-0.3, -0.25) is 4.99 Å². The second-order valence-corrected chi connectivity index (χ2v) is 6.54. The molecule has 0 spiro atoms. The van der Waals surface area contributed by atoms with Gasteiger partial charge in [0.25, 0.3) is 0 Å². The van der Waals surface area contributed by atoms with Gasteiger partial charge in [0.05, 0.1) is 0 Å². The van der Waals surface area contributed by atoms with Crippen molar-refractivity contribution in [2.24, 2.45) is 16.3 Å². The molecule has 3 nitrogen and oxygen atoms in total. The number of hydrogen-bond donors (Lipinski definition) is 2. The molecule has 1 aliphatic carbocycles. The molecular formula is C14H30IN3. The summed E-state index contributed by atoms with van der Waals surface area (Å²) < 4.78 is 0. The van der Waals surface area contributed by atoms with E-state index in [2.05, 4.69) is 43.3 Å². The molecule has 0 radical (unpaired) electrons. The second kappa shape index (κ2) is 8.23. The Hall–Kier alpha value is 0. The van der Waals surface area contributed by atoms with Gasteiger partial charge in [0, 0.05) is 19.6 Å². The lowest BCUT2D eigenvalue weighted by Crippen LogP contribution is -2.43. The maximum absolute atomic E-state index is 4.27. The maximum atomic E-state index is 4.27. The number of nitrogens with zero attached hydrogens (tertiary/aromatic N) is 1. The molecule has 1 rings (SSSR count). The molecule has 1 fully saturated rings. The van der Waals surface area contributed by atoms with Crippen LogP contribution in [0.15, 0.2) is 4.99 Å². The fraction of sp³-hybridized carbons (Fsp3) is 0.929. The Balaban J connectivity index is 0.00000289. The van der Waals surface area contributed by atoms with Crippen LogP contribution >= 0.6 is 24.0 Å². The van der Waals surface area contributed by atoms with Gasteiger partial charge >= 0.3 is 0 Å². The number of aliphatic imine (C=N–C) groups is 1. The van der Waals surface area contributed by atoms with Gasteiger partial charge in [-0.05, 0) is 43.9 Å². The van der Waals surface area contributed by atoms with E-state index in [0.29, 0.717) is 11.5 Å². The Kier molecular flexibility index (Phi) is 8.23. The van der Waals surface area contributed by atoms with Crippen LogP contribution < -0.4 is 10.6 Å². The van der Waals surface area contributed by atoms with Gasteiger partial charge in [0.2, 0.25) is 0 Å². The van der Waals surface area contributed by atoms with E-state index in [1.165, 1.54) is 25.7 Å². The predicted octanol–water partition coefficient (Wildman–Crippen LogP) is 3.39. The first-order valence-electron chi connectivity index (χ1n) is 6.88. The van der Waals surface area contributed by atoms with Crippen molar-refractivity contribution in [3.63, 3.8) is 0 Å². The molecule has 0 heterocycles. The lowest BCUT2D eigenvalue weighted by molar-refractivity contribution is 0.346. The zero-order chi connectivity index (χ0) is 12.9. The molecule has 0 saturated heterocycles. The van der Waals surface area contributed by atoms with E-state index in [1.54, 1.807) is 0 Å². The van der Waals surface area contributed by atoms with Crippen molar-refractivity contribution in [3.8, 4) is 0 Å². The summed E-state index contributed by atoms with van der Waals surface area (Å²) in [6, 6.07) is 0.486. The fourth-order valence-electron chi connectivity index (χ4n) is 1.71. The van der Waals surface area contributed by atoms with Gasteiger partial charge in [0.15, 0.2) is 5.96 Å². The molecule has 1 atom stereocenters. The van der Waals surface area contributed by atoms with Crippen LogP contribution in [0, 0.1) is 11.3 Å². The van der Waals surface area contributed by atoms with Crippen LogP contribution in [0.2, 0.25) is 0 Å². The Morgan fingerprint density at radius 3 is 2.39 bits per heavy atom. The Labute approximate surface area is 130 Å². The van der Waals surface area contributed by atoms with E-state index in [0.717, 1.165) is 18.4 Å². The van der Waals surface area contributed by atoms with Crippen molar-refractivity contribution in [1.29, 1.82) is 0 Å². The number of nitrogens with one attached hydrogen (secondary N) is 2. The first-order valence-corrected chi connectivity index (χ1v) is 6.88. The van der Waals surface area contributed by atoms with Crippen LogP contribution in [0.1, 0.15) is 53.4 Å². The smallest absolute Gasteiger partial charge is 0.191 e. The van der Waals surface area contributed by atoms with Crippen molar-refractivity contribution in [3.05, 3.63) is 0 Å². The van der Waals surface area contributed by atoms with E-state index >= 15 is 0 Å². The fourth-order valence-corrected chi connectivity index (χ4v) is 1.71. The monoisotopic (exact) mass is 367 g/mol. The normalized spacial score (nSPS) is 17.9. The lowest BCUT2D eigenvalue weighted by atomic mass is 9.89. The molecule has 1 aliphatic rings. The Morgan fingerprint density at radius 1 is 1.33 bits per heavy atom. The third kappa shape index (κ3) is 9.00. The van der Waals surface area contributed by atoms with Gasteiger partial charge < -0.3 is 10.6 Å². The topological polar surface area (TPSA) is 36.4 Å². The molecule has 0 aromatic carbocycles. The minimum Gasteiger partial charge on any atom is -0.356 e. The molecule has 0 aliphatic heterocycles. The third-order valence-corrected chi connectivity index (χ3v) is 3.19. The van der Waals surface area contributed by atoms with Crippen LogP contribution in [-0.4, -0.2) is 25.6 Å². The van der Waals surface area contributed by atoms with Crippen molar-refractivity contribution in [2.45, 2.75) is 59.4 Å². The summed E-state index contributed by atoms with van der Waals surface area (Å²) in [5.74, 6) is 1.84. The van der Waals surface area contributed by atoms with E-state index in [4.69, 9.17) is 0 Å². The van der Waals surface area contributed by atoms with E-state index < -0.39 is 0 Å². The van der Waals surface area contributed by atoms with Crippen LogP contribution in [0.4, 0.5) is 0 Å². The molecule has 4 heteroatoms. The van der Waals surface area contributed by atoms with Crippen molar-refractivity contribution < 1.29 is 0 Å². The zero-order valence-corrected chi connectivity index (χ0v) is 14.9. The number of rotatable bonds is 5. The lowest BCUT2D eigenvalue weighted by Gasteiger charge is -2.23. The minimum atomic E-state index is 0. The largest absolute Gasteiger partial charge is 0.356 e. The first kappa shape index (κ1) is 18.0. The molecular weight excluding hydrogens is 337 g/mol. The predicted molar refractivity (Wildman–Crippen MR) is 90.8 cm³/mol. The van der Waals surface area contributed by atoms with Crippen LogP contribution in [0.5, 0.6) is 0 Å². The highest BCUT2D eigenvalue weighted by Crippen LogP contribution is 2.27. The zero-order valence-electron chi connectivity index (χ0n) is 12.5. The molecule has 1 unspecified atom stereocenters. The van der Waals surface area contributed by atoms with Crippen LogP contribution in [0.25, 0.3) is 0 Å². The summed E-state index contributed by atoms with van der Waals surface area (Å²) in [6.45, 7) is 10.2. The highest BCUT2D eigenvalue weighted by atomic mass is 127. The molecule has 0 bridgehead atoms. The quantitative estimate of drug-likeness (QED) is 0.444. The average molecular weight is 367 g/mol. The third-order valence-electron chi connectivity index (χ3n) is 3.19. The highest BCUT2D eigenvalue weighted by Gasteiger charge is 2.21. The summed E-state index contributed by atoms with van der Waals surface area (Å²) in [5.41, 5.74) is 0.418. The molecule has 0 aromatic rings. The summed E-state index contributed by atoms with van der Waals surface area (Å²) in [7, 11) is 1.85. The molecule has 0 aromatic heterocycles. The van der Waals surface area contributed by atoms with Gasteiger partial charge in [-0.1, -0.05) is 20.8 Å². The Morgan fingerprint density at radius 2 is 1.94 bits per heavy atom. The molecule has 0 amide bonds. The maximum Gasteiger partial charge on any atom is 0.191 e. The summed E-state index contributed by atoms with van der Waals surface area (Å²) in [4.78, 5) is 4.27. The van der Waals surface area contributed by atoms with E-state index in [1.807, 2.05) is 7.05 Å². The average Bonchev–Trinajstić information content (AvgIpc) is 3.04. The first-order chi connectivity index (χ1) is 7.90. The van der Waals surface area contributed by atoms with E-state index in [9.17, 15) is 0 Å². The van der Waals surface area contributed by atoms with E-state index in [-0.39, 0.29) is 24.0 Å². The van der Waals surface area contributed by atoms with Gasteiger partial charge in [-0.15, -0.1) is 24.0 Å². The summed E-state index contributed by atoms with van der Waals surface area (Å²) in [5, 5.41) is 6.86. The highest BCUT2D eigenvalue weighted by molar-refractivity contribution is 14.0. The SMILES string of the molecule is CN=C(NCC1CC1)NC(C)CCC(C)(C)C.I. The number of hydrogen-bond acceptors (Lipinski definition) is 1. The van der Waals surface area contributed by atoms with Crippen molar-refractivity contribution in [1.82, 2.24) is 10.6 Å². The van der Waals surface area contributed by atoms with Gasteiger partial charge in [-0.25, -0.2) is 0 Å². The summed E-state index contributed by atoms with van der Waals surface area (Å²) >= 11 is 0. The minimum absolute atomic E-state index is 0. The number of guanidine groups is 1. The van der Waals surface area contributed by atoms with Crippen molar-refractivity contribution >= 4 is 29.9 Å². The second-order valence-electron chi connectivity index (χ2n) is 6.54. The van der Waals surface area contributed by atoms with Gasteiger partial charge in [-0.2, -0.15) is 0 Å². The van der Waals surface area contributed by atoms with Crippen molar-refractivity contribution in [2.75, 3.05) is 13.6 Å². The van der Waals surface area contributed by atoms with Crippen LogP contribution in [0.3, 0.4) is 0 Å². The summed E-state index contributed by atoms with van der Waals surface area (Å²) in [6.07, 6.45) is 5.18. The molecule has 2 N–H and O–H groups in total. The molecule has 108 valence electrons. The molecule has 1 saturated carbocycles. The standard InChI is InChI=1S/C14H29N3.HI/c1-11(8-9-14(2,3)4)17-13(15-5)16-10-12-6-7-12;/h11-12H,6-10H2,1-5H3,(H2,15,16,17);1H. The van der Waals surface area contributed by atoms with Gasteiger partial charge in [0.1, 0.15) is 0 Å². The molecule has 18 heavy (non-hydrogen) atoms. The number of halogens is 1. The Bertz CT molecular complexity index is 254. The van der Waals surface area contributed by atoms with Crippen LogP contribution in [-0.2, 0) is 0 Å².